The van der Waals surface area contributed by atoms with E-state index in [9.17, 15) is 13.2 Å². The van der Waals surface area contributed by atoms with E-state index < -0.39 is 15.1 Å². The lowest BCUT2D eigenvalue weighted by atomic mass is 10.1. The molecule has 142 valence electrons. The van der Waals surface area contributed by atoms with Crippen molar-refractivity contribution in [2.75, 3.05) is 25.5 Å². The first kappa shape index (κ1) is 20.5. The van der Waals surface area contributed by atoms with Crippen LogP contribution in [0.4, 0.5) is 5.69 Å². The van der Waals surface area contributed by atoms with Gasteiger partial charge >= 0.3 is 0 Å². The Hall–Kier alpha value is -1.86. The average Bonchev–Trinajstić information content (AvgIpc) is 3.10. The molecule has 1 amide bonds. The van der Waals surface area contributed by atoms with E-state index in [2.05, 4.69) is 5.32 Å². The van der Waals surface area contributed by atoms with Gasteiger partial charge in [0.15, 0.2) is 9.84 Å². The lowest BCUT2D eigenvalue weighted by Gasteiger charge is -2.20. The lowest BCUT2D eigenvalue weighted by Crippen LogP contribution is -2.32. The number of thiophene rings is 1. The van der Waals surface area contributed by atoms with E-state index in [1.807, 2.05) is 57.1 Å². The highest BCUT2D eigenvalue weighted by atomic mass is 32.2. The van der Waals surface area contributed by atoms with Crippen LogP contribution in [-0.4, -0.2) is 35.0 Å². The van der Waals surface area contributed by atoms with E-state index in [0.29, 0.717) is 16.2 Å². The first-order chi connectivity index (χ1) is 12.2. The van der Waals surface area contributed by atoms with E-state index in [0.717, 1.165) is 5.69 Å². The van der Waals surface area contributed by atoms with Gasteiger partial charge in [-0.3, -0.25) is 4.79 Å². The van der Waals surface area contributed by atoms with Crippen LogP contribution >= 0.6 is 11.3 Å². The second kappa shape index (κ2) is 8.68. The molecule has 2 rings (SSSR count). The zero-order chi connectivity index (χ0) is 19.3. The third kappa shape index (κ3) is 5.08. The molecule has 0 saturated carbocycles. The number of sulfone groups is 1. The molecule has 0 fully saturated rings. The van der Waals surface area contributed by atoms with Crippen molar-refractivity contribution in [3.63, 3.8) is 0 Å². The standard InChI is InChI=1S/C19H26N2O3S2/c1-14(2)12-18(22)20-13-17(26(23,24)19-6-5-11-25-19)15-7-9-16(10-8-15)21(3)4/h5-11,14,17H,12-13H2,1-4H3,(H,20,22)/t17-/m0/s1. The van der Waals surface area contributed by atoms with Crippen molar-refractivity contribution < 1.29 is 13.2 Å². The summed E-state index contributed by atoms with van der Waals surface area (Å²) in [4.78, 5) is 14.0. The molecule has 0 radical (unpaired) electrons. The van der Waals surface area contributed by atoms with Gasteiger partial charge in [-0.2, -0.15) is 0 Å². The summed E-state index contributed by atoms with van der Waals surface area (Å²) < 4.78 is 26.5. The van der Waals surface area contributed by atoms with Crippen molar-refractivity contribution >= 4 is 32.8 Å². The topological polar surface area (TPSA) is 66.5 Å². The van der Waals surface area contributed by atoms with Crippen LogP contribution in [-0.2, 0) is 14.6 Å². The van der Waals surface area contributed by atoms with E-state index in [4.69, 9.17) is 0 Å². The molecule has 1 atom stereocenters. The minimum Gasteiger partial charge on any atom is -0.378 e. The second-order valence-electron chi connectivity index (χ2n) is 6.85. The number of carbonyl (C=O) groups is 1. The van der Waals surface area contributed by atoms with Crippen molar-refractivity contribution in [3.05, 3.63) is 47.3 Å². The molecule has 0 aliphatic rings. The first-order valence-corrected chi connectivity index (χ1v) is 11.0. The Kier molecular flexibility index (Phi) is 6.83. The van der Waals surface area contributed by atoms with Crippen LogP contribution in [0.3, 0.4) is 0 Å². The van der Waals surface area contributed by atoms with Gasteiger partial charge in [-0.25, -0.2) is 8.42 Å². The molecule has 0 aliphatic heterocycles. The molecule has 1 aromatic carbocycles. The highest BCUT2D eigenvalue weighted by Gasteiger charge is 2.30. The number of benzene rings is 1. The van der Waals surface area contributed by atoms with E-state index in [-0.39, 0.29) is 18.4 Å². The fraction of sp³-hybridized carbons (Fsp3) is 0.421. The Morgan fingerprint density at radius 1 is 1.15 bits per heavy atom. The van der Waals surface area contributed by atoms with Gasteiger partial charge in [0.25, 0.3) is 0 Å². The highest BCUT2D eigenvalue weighted by Crippen LogP contribution is 2.32. The number of hydrogen-bond acceptors (Lipinski definition) is 5. The molecule has 0 spiro atoms. The number of rotatable bonds is 8. The molecule has 0 unspecified atom stereocenters. The maximum atomic E-state index is 13.1. The summed E-state index contributed by atoms with van der Waals surface area (Å²) in [6.07, 6.45) is 0.380. The van der Waals surface area contributed by atoms with Crippen LogP contribution in [0, 0.1) is 5.92 Å². The first-order valence-electron chi connectivity index (χ1n) is 8.53. The molecule has 1 N–H and O–H groups in total. The summed E-state index contributed by atoms with van der Waals surface area (Å²) in [5, 5.41) is 3.73. The van der Waals surface area contributed by atoms with Gasteiger partial charge in [0, 0.05) is 32.7 Å². The SMILES string of the molecule is CC(C)CC(=O)NC[C@@H](c1ccc(N(C)C)cc1)S(=O)(=O)c1cccs1. The number of amides is 1. The minimum atomic E-state index is -3.58. The number of carbonyl (C=O) groups excluding carboxylic acids is 1. The number of nitrogens with one attached hydrogen (secondary N) is 1. The van der Waals surface area contributed by atoms with Gasteiger partial charge in [-0.1, -0.05) is 32.0 Å². The van der Waals surface area contributed by atoms with Crippen LogP contribution < -0.4 is 10.2 Å². The van der Waals surface area contributed by atoms with Crippen LogP contribution in [0.15, 0.2) is 46.0 Å². The summed E-state index contributed by atoms with van der Waals surface area (Å²) in [6, 6.07) is 10.8. The lowest BCUT2D eigenvalue weighted by molar-refractivity contribution is -0.121. The number of nitrogens with zero attached hydrogens (tertiary/aromatic N) is 1. The van der Waals surface area contributed by atoms with Gasteiger partial charge in [-0.15, -0.1) is 11.3 Å². The maximum absolute atomic E-state index is 13.1. The van der Waals surface area contributed by atoms with Crippen molar-refractivity contribution in [3.8, 4) is 0 Å². The molecule has 26 heavy (non-hydrogen) atoms. The Balaban J connectivity index is 2.31. The second-order valence-corrected chi connectivity index (χ2v) is 10.2. The van der Waals surface area contributed by atoms with Crippen molar-refractivity contribution in [2.45, 2.75) is 29.7 Å². The van der Waals surface area contributed by atoms with Crippen molar-refractivity contribution in [2.24, 2.45) is 5.92 Å². The minimum absolute atomic E-state index is 0.0626. The smallest absolute Gasteiger partial charge is 0.220 e. The van der Waals surface area contributed by atoms with E-state index in [1.54, 1.807) is 17.5 Å². The van der Waals surface area contributed by atoms with Gasteiger partial charge in [0.1, 0.15) is 9.46 Å². The van der Waals surface area contributed by atoms with Crippen LogP contribution in [0.2, 0.25) is 0 Å². The predicted molar refractivity (Wildman–Crippen MR) is 107 cm³/mol. The molecule has 0 aliphatic carbocycles. The Labute approximate surface area is 160 Å². The summed E-state index contributed by atoms with van der Waals surface area (Å²) in [5.41, 5.74) is 1.67. The van der Waals surface area contributed by atoms with Crippen molar-refractivity contribution in [1.82, 2.24) is 5.32 Å². The normalized spacial score (nSPS) is 12.8. The molecule has 1 aromatic heterocycles. The number of hydrogen-bond donors (Lipinski definition) is 1. The largest absolute Gasteiger partial charge is 0.378 e. The zero-order valence-electron chi connectivity index (χ0n) is 15.6. The summed E-state index contributed by atoms with van der Waals surface area (Å²) in [5.74, 6) is 0.0954. The fourth-order valence-electron chi connectivity index (χ4n) is 2.61. The quantitative estimate of drug-likeness (QED) is 0.744. The van der Waals surface area contributed by atoms with E-state index >= 15 is 0 Å². The third-order valence-electron chi connectivity index (χ3n) is 4.01. The van der Waals surface area contributed by atoms with Gasteiger partial charge < -0.3 is 10.2 Å². The van der Waals surface area contributed by atoms with Crippen molar-refractivity contribution in [1.29, 1.82) is 0 Å². The fourth-order valence-corrected chi connectivity index (χ4v) is 5.48. The molecule has 5 nitrogen and oxygen atoms in total. The average molecular weight is 395 g/mol. The third-order valence-corrected chi connectivity index (χ3v) is 7.54. The summed E-state index contributed by atoms with van der Waals surface area (Å²) >= 11 is 1.20. The zero-order valence-corrected chi connectivity index (χ0v) is 17.2. The molecule has 2 aromatic rings. The molecular weight excluding hydrogens is 368 g/mol. The summed E-state index contributed by atoms with van der Waals surface area (Å²) in [6.45, 7) is 3.98. The van der Waals surface area contributed by atoms with Crippen LogP contribution in [0.25, 0.3) is 0 Å². The maximum Gasteiger partial charge on any atom is 0.220 e. The van der Waals surface area contributed by atoms with Crippen LogP contribution in [0.5, 0.6) is 0 Å². The van der Waals surface area contributed by atoms with Gasteiger partial charge in [0.2, 0.25) is 5.91 Å². The van der Waals surface area contributed by atoms with Gasteiger partial charge in [0.05, 0.1) is 0 Å². The highest BCUT2D eigenvalue weighted by molar-refractivity contribution is 7.93. The van der Waals surface area contributed by atoms with Crippen LogP contribution in [0.1, 0.15) is 31.1 Å². The molecule has 0 saturated heterocycles. The molecule has 7 heteroatoms. The Morgan fingerprint density at radius 2 is 1.81 bits per heavy atom. The predicted octanol–water partition coefficient (Wildman–Crippen LogP) is 3.49. The molecule has 1 heterocycles. The molecular formula is C19H26N2O3S2. The van der Waals surface area contributed by atoms with E-state index in [1.165, 1.54) is 11.3 Å². The molecule has 0 bridgehead atoms. The monoisotopic (exact) mass is 394 g/mol. The Morgan fingerprint density at radius 3 is 2.31 bits per heavy atom. The summed E-state index contributed by atoms with van der Waals surface area (Å²) in [7, 11) is 0.285. The van der Waals surface area contributed by atoms with Gasteiger partial charge in [-0.05, 0) is 35.1 Å². The Bertz CT molecular complexity index is 811. The number of anilines is 1.